The van der Waals surface area contributed by atoms with Crippen LogP contribution in [0.4, 0.5) is 10.5 Å². The van der Waals surface area contributed by atoms with Crippen LogP contribution in [-0.2, 0) is 23.7 Å². The van der Waals surface area contributed by atoms with Crippen LogP contribution in [0.1, 0.15) is 105 Å². The zero-order chi connectivity index (χ0) is 37.8. The number of nitro benzene ring substituents is 1. The fourth-order valence-electron chi connectivity index (χ4n) is 14.7. The average molecular weight is 749 g/mol. The first-order chi connectivity index (χ1) is 25.8. The minimum atomic E-state index is -0.823. The van der Waals surface area contributed by atoms with Crippen molar-refractivity contribution in [1.82, 2.24) is 4.90 Å². The molecule has 0 aromatic heterocycles. The zero-order valence-corrected chi connectivity index (χ0v) is 32.8. The average Bonchev–Trinajstić information content (AvgIpc) is 4.02. The van der Waals surface area contributed by atoms with Crippen LogP contribution in [0.2, 0.25) is 0 Å². The maximum Gasteiger partial charge on any atom is 0.513 e. The van der Waals surface area contributed by atoms with Gasteiger partial charge in [0.2, 0.25) is 5.91 Å². The zero-order valence-electron chi connectivity index (χ0n) is 32.8. The lowest BCUT2D eigenvalue weighted by Crippen LogP contribution is -2.56. The summed E-state index contributed by atoms with van der Waals surface area (Å²) in [7, 11) is 0. The summed E-state index contributed by atoms with van der Waals surface area (Å²) in [5, 5.41) is 11.0. The molecule has 6 unspecified atom stereocenters. The number of rotatable bonds is 8. The highest BCUT2D eigenvalue weighted by Gasteiger charge is 2.85. The summed E-state index contributed by atoms with van der Waals surface area (Å²) in [4.78, 5) is 37.9. The number of amides is 1. The quantitative estimate of drug-likeness (QED) is 0.112. The predicted molar refractivity (Wildman–Crippen MR) is 198 cm³/mol. The molecule has 9 rings (SSSR count). The highest BCUT2D eigenvalue weighted by atomic mass is 16.7. The molecular formula is C43H60N2O9. The van der Waals surface area contributed by atoms with Crippen LogP contribution in [0.5, 0.6) is 5.75 Å². The van der Waals surface area contributed by atoms with E-state index in [-0.39, 0.29) is 59.4 Å². The second kappa shape index (κ2) is 13.2. The van der Waals surface area contributed by atoms with E-state index in [2.05, 4.69) is 34.6 Å². The van der Waals surface area contributed by atoms with E-state index in [0.717, 1.165) is 19.3 Å². The summed E-state index contributed by atoms with van der Waals surface area (Å²) in [6, 6.07) is 5.40. The molecule has 0 bridgehead atoms. The summed E-state index contributed by atoms with van der Waals surface area (Å²) in [5.74, 6) is 4.68. The maximum absolute atomic E-state index is 12.9. The summed E-state index contributed by atoms with van der Waals surface area (Å²) >= 11 is 0. The third-order valence-electron chi connectivity index (χ3n) is 17.1. The third-order valence-corrected chi connectivity index (χ3v) is 17.1. The van der Waals surface area contributed by atoms with Crippen molar-refractivity contribution >= 4 is 17.7 Å². The van der Waals surface area contributed by atoms with Gasteiger partial charge in [-0.2, -0.15) is 0 Å². The standard InChI is InChI=1S/C43H60N2O9/c1-25-20-30(24-51-39(47)53-29-10-8-28(9-11-29)45(48)49)52-33-22-32-31-12-13-34-40(3,4)35(54-37-23-44(18-19-50-37)36(46)21-27-6-7-27)14-15-43(34)26(2)42(31,43)17-16-41(32,5)38(25)33/h8-11,25-27,30-35,37-38H,6-7,12-24H2,1-5H3/t25?,26-,30+,31-,32?,33+,34?,35-,37?,38?,41-,42-,43?/m0/s1. The lowest BCUT2D eigenvalue weighted by Gasteiger charge is -2.60. The SMILES string of the molecule is CC1C[C@H](COC(=O)Oc2ccc([N+](=O)[O-])cc2)O[C@@H]2CC3[C@@H]4CCC5C(C)(C)[C@@H](OC6CN(C(=O)CC7CC7)CCO6)CCC56[C@@H](C)[C@@]46CC[C@]3(C)C12. The summed E-state index contributed by atoms with van der Waals surface area (Å²) in [6.07, 6.45) is 11.3. The van der Waals surface area contributed by atoms with Gasteiger partial charge in [0.15, 0.2) is 6.29 Å². The first-order valence-corrected chi connectivity index (χ1v) is 21.1. The molecule has 8 aliphatic rings. The Hall–Kier alpha value is -2.76. The van der Waals surface area contributed by atoms with Gasteiger partial charge in [-0.05, 0) is 139 Å². The van der Waals surface area contributed by atoms with Gasteiger partial charge in [-0.1, -0.05) is 34.6 Å². The van der Waals surface area contributed by atoms with Crippen LogP contribution >= 0.6 is 0 Å². The molecule has 11 nitrogen and oxygen atoms in total. The van der Waals surface area contributed by atoms with E-state index in [1.165, 1.54) is 69.2 Å². The lowest BCUT2D eigenvalue weighted by molar-refractivity contribution is -0.384. The Labute approximate surface area is 319 Å². The monoisotopic (exact) mass is 748 g/mol. The van der Waals surface area contributed by atoms with Gasteiger partial charge >= 0.3 is 6.16 Å². The second-order valence-corrected chi connectivity index (χ2v) is 19.6. The number of morpholine rings is 1. The molecule has 8 fully saturated rings. The Morgan fingerprint density at radius 3 is 2.48 bits per heavy atom. The molecule has 6 saturated carbocycles. The number of carbonyl (C=O) groups excluding carboxylic acids is 2. The molecule has 6 aliphatic carbocycles. The molecule has 1 amide bonds. The third kappa shape index (κ3) is 5.66. The first-order valence-electron chi connectivity index (χ1n) is 21.1. The van der Waals surface area contributed by atoms with E-state index >= 15 is 0 Å². The molecule has 296 valence electrons. The van der Waals surface area contributed by atoms with E-state index in [1.807, 2.05) is 4.90 Å². The van der Waals surface area contributed by atoms with E-state index < -0.39 is 11.1 Å². The summed E-state index contributed by atoms with van der Waals surface area (Å²) < 4.78 is 30.7. The molecule has 11 heteroatoms. The molecule has 13 atom stereocenters. The molecule has 2 spiro atoms. The van der Waals surface area contributed by atoms with Gasteiger partial charge in [0.25, 0.3) is 5.69 Å². The van der Waals surface area contributed by atoms with Crippen molar-refractivity contribution in [1.29, 1.82) is 0 Å². The van der Waals surface area contributed by atoms with Crippen LogP contribution in [0.3, 0.4) is 0 Å². The van der Waals surface area contributed by atoms with E-state index in [4.69, 9.17) is 23.7 Å². The topological polar surface area (TPSA) is 127 Å². The molecule has 54 heavy (non-hydrogen) atoms. The summed E-state index contributed by atoms with van der Waals surface area (Å²) in [5.41, 5.74) is 0.952. The molecule has 2 aliphatic heterocycles. The molecule has 0 radical (unpaired) electrons. The smallest absolute Gasteiger partial charge is 0.431 e. The van der Waals surface area contributed by atoms with Crippen LogP contribution in [0.15, 0.2) is 24.3 Å². The Morgan fingerprint density at radius 1 is 0.963 bits per heavy atom. The van der Waals surface area contributed by atoms with E-state index in [0.29, 0.717) is 78.4 Å². The van der Waals surface area contributed by atoms with Crippen molar-refractivity contribution < 1.29 is 38.2 Å². The van der Waals surface area contributed by atoms with Gasteiger partial charge in [-0.25, -0.2) is 4.79 Å². The maximum atomic E-state index is 12.9. The van der Waals surface area contributed by atoms with Crippen molar-refractivity contribution in [2.24, 2.45) is 63.1 Å². The number of ether oxygens (including phenoxy) is 5. The van der Waals surface area contributed by atoms with E-state index in [9.17, 15) is 19.7 Å². The number of benzene rings is 1. The van der Waals surface area contributed by atoms with Crippen LogP contribution in [0, 0.1) is 73.2 Å². The summed E-state index contributed by atoms with van der Waals surface area (Å²) in [6.45, 7) is 14.4. The van der Waals surface area contributed by atoms with Gasteiger partial charge in [-0.3, -0.25) is 14.9 Å². The van der Waals surface area contributed by atoms with Gasteiger partial charge < -0.3 is 28.6 Å². The van der Waals surface area contributed by atoms with Crippen molar-refractivity contribution in [3.63, 3.8) is 0 Å². The lowest BCUT2D eigenvalue weighted by atomic mass is 9.46. The van der Waals surface area contributed by atoms with Crippen molar-refractivity contribution in [3.05, 3.63) is 34.4 Å². The Kier molecular flexibility index (Phi) is 8.98. The minimum absolute atomic E-state index is 0.0273. The normalized spacial score (nSPS) is 44.4. The molecule has 2 heterocycles. The van der Waals surface area contributed by atoms with Crippen molar-refractivity contribution in [3.8, 4) is 5.75 Å². The van der Waals surface area contributed by atoms with Crippen molar-refractivity contribution in [2.45, 2.75) is 130 Å². The van der Waals surface area contributed by atoms with Crippen LogP contribution < -0.4 is 4.74 Å². The Morgan fingerprint density at radius 2 is 1.74 bits per heavy atom. The Bertz CT molecular complexity index is 1650. The van der Waals surface area contributed by atoms with E-state index in [1.54, 1.807) is 0 Å². The fraction of sp³-hybridized carbons (Fsp3) is 0.814. The minimum Gasteiger partial charge on any atom is -0.431 e. The number of nitrogens with zero attached hydrogens (tertiary/aromatic N) is 2. The van der Waals surface area contributed by atoms with Gasteiger partial charge in [0, 0.05) is 25.1 Å². The van der Waals surface area contributed by atoms with Crippen LogP contribution in [-0.4, -0.2) is 72.8 Å². The molecule has 1 aromatic carbocycles. The molecule has 1 aromatic rings. The number of fused-ring (bicyclic) bond motifs is 4. The highest BCUT2D eigenvalue weighted by molar-refractivity contribution is 5.76. The van der Waals surface area contributed by atoms with Gasteiger partial charge in [0.05, 0.1) is 36.4 Å². The number of hydrogen-bond acceptors (Lipinski definition) is 9. The van der Waals surface area contributed by atoms with Gasteiger partial charge in [0.1, 0.15) is 12.4 Å². The largest absolute Gasteiger partial charge is 0.513 e. The predicted octanol–water partition coefficient (Wildman–Crippen LogP) is 8.18. The Balaban J connectivity index is 0.843. The van der Waals surface area contributed by atoms with Crippen LogP contribution in [0.25, 0.3) is 0 Å². The fourth-order valence-corrected chi connectivity index (χ4v) is 14.7. The number of non-ortho nitro benzene ring substituents is 1. The number of carbonyl (C=O) groups is 2. The first kappa shape index (κ1) is 36.9. The number of hydrogen-bond donors (Lipinski definition) is 0. The molecular weight excluding hydrogens is 688 g/mol. The molecule has 2 saturated heterocycles. The van der Waals surface area contributed by atoms with Crippen molar-refractivity contribution in [2.75, 3.05) is 26.3 Å². The number of nitro groups is 1. The second-order valence-electron chi connectivity index (χ2n) is 19.6. The van der Waals surface area contributed by atoms with Gasteiger partial charge in [-0.15, -0.1) is 0 Å². The molecule has 0 N–H and O–H groups in total. The highest BCUT2D eigenvalue weighted by Crippen LogP contribution is 2.89.